The number of likely N-dealkylation sites (N-methyl/N-ethyl adjacent to an activating group) is 1. The lowest BCUT2D eigenvalue weighted by atomic mass is 10.1. The van der Waals surface area contributed by atoms with E-state index in [1.165, 1.54) is 37.3 Å². The first kappa shape index (κ1) is 15.0. The van der Waals surface area contributed by atoms with Crippen LogP contribution in [-0.4, -0.2) is 45.7 Å². The molecule has 0 unspecified atom stereocenters. The standard InChI is InChI=1S/C16H25N3O/c1-13-4-5-15(12-14(13)2)17-16(20)6-7-19-10-8-18(3)9-11-19/h4-5,12H,6-11H2,1-3H3,(H,17,20)/p+2. The summed E-state index contributed by atoms with van der Waals surface area (Å²) in [5.74, 6) is 0.132. The van der Waals surface area contributed by atoms with E-state index in [-0.39, 0.29) is 5.91 Å². The van der Waals surface area contributed by atoms with Crippen molar-refractivity contribution in [2.75, 3.05) is 45.1 Å². The number of amides is 1. The summed E-state index contributed by atoms with van der Waals surface area (Å²) in [4.78, 5) is 15.2. The number of carbonyl (C=O) groups excluding carboxylic acids is 1. The zero-order chi connectivity index (χ0) is 14.5. The molecule has 0 spiro atoms. The van der Waals surface area contributed by atoms with Crippen LogP contribution in [0, 0.1) is 13.8 Å². The fourth-order valence-electron chi connectivity index (χ4n) is 2.61. The maximum absolute atomic E-state index is 12.0. The van der Waals surface area contributed by atoms with E-state index in [4.69, 9.17) is 0 Å². The Hall–Kier alpha value is -1.39. The average Bonchev–Trinajstić information content (AvgIpc) is 2.42. The van der Waals surface area contributed by atoms with Crippen LogP contribution in [0.1, 0.15) is 17.5 Å². The van der Waals surface area contributed by atoms with Crippen molar-refractivity contribution < 1.29 is 14.6 Å². The van der Waals surface area contributed by atoms with Crippen LogP contribution in [0.4, 0.5) is 5.69 Å². The van der Waals surface area contributed by atoms with Gasteiger partial charge in [-0.1, -0.05) is 6.07 Å². The zero-order valence-electron chi connectivity index (χ0n) is 12.9. The highest BCUT2D eigenvalue weighted by atomic mass is 16.1. The number of hydrogen-bond acceptors (Lipinski definition) is 1. The molecule has 2 rings (SSSR count). The van der Waals surface area contributed by atoms with Crippen LogP contribution < -0.4 is 15.1 Å². The Bertz CT molecular complexity index is 465. The number of anilines is 1. The molecule has 0 aromatic heterocycles. The van der Waals surface area contributed by atoms with E-state index in [1.54, 1.807) is 9.80 Å². The van der Waals surface area contributed by atoms with Gasteiger partial charge in [-0.05, 0) is 37.1 Å². The Balaban J connectivity index is 1.76. The van der Waals surface area contributed by atoms with Crippen LogP contribution in [-0.2, 0) is 4.79 Å². The van der Waals surface area contributed by atoms with Crippen molar-refractivity contribution in [2.45, 2.75) is 20.3 Å². The summed E-state index contributed by atoms with van der Waals surface area (Å²) in [5, 5.41) is 3.00. The molecular weight excluding hydrogens is 250 g/mol. The molecule has 4 nitrogen and oxygen atoms in total. The van der Waals surface area contributed by atoms with Gasteiger partial charge >= 0.3 is 0 Å². The molecule has 0 bridgehead atoms. The summed E-state index contributed by atoms with van der Waals surface area (Å²) in [6.07, 6.45) is 0.612. The third-order valence-corrected chi connectivity index (χ3v) is 4.31. The third-order valence-electron chi connectivity index (χ3n) is 4.31. The summed E-state index contributed by atoms with van der Waals surface area (Å²) < 4.78 is 0. The third kappa shape index (κ3) is 4.32. The van der Waals surface area contributed by atoms with Crippen LogP contribution in [0.2, 0.25) is 0 Å². The fraction of sp³-hybridized carbons (Fsp3) is 0.562. The van der Waals surface area contributed by atoms with E-state index in [0.29, 0.717) is 6.42 Å². The van der Waals surface area contributed by atoms with E-state index in [2.05, 4.69) is 32.3 Å². The molecule has 4 heteroatoms. The molecule has 0 atom stereocenters. The van der Waals surface area contributed by atoms with Gasteiger partial charge < -0.3 is 15.1 Å². The summed E-state index contributed by atoms with van der Waals surface area (Å²) in [5.41, 5.74) is 3.39. The number of benzene rings is 1. The van der Waals surface area contributed by atoms with Gasteiger partial charge in [0.2, 0.25) is 5.91 Å². The molecule has 1 saturated heterocycles. The molecule has 1 aliphatic heterocycles. The molecule has 0 saturated carbocycles. The number of hydrogen-bond donors (Lipinski definition) is 3. The first-order valence-electron chi connectivity index (χ1n) is 7.56. The van der Waals surface area contributed by atoms with Crippen molar-refractivity contribution in [2.24, 2.45) is 0 Å². The molecule has 1 fully saturated rings. The Morgan fingerprint density at radius 1 is 1.15 bits per heavy atom. The second-order valence-electron chi connectivity index (χ2n) is 6.05. The maximum atomic E-state index is 12.0. The van der Waals surface area contributed by atoms with E-state index < -0.39 is 0 Å². The largest absolute Gasteiger partial charge is 0.328 e. The predicted molar refractivity (Wildman–Crippen MR) is 81.3 cm³/mol. The Kier molecular flexibility index (Phi) is 5.15. The lowest BCUT2D eigenvalue weighted by Gasteiger charge is -2.27. The summed E-state index contributed by atoms with van der Waals surface area (Å²) in [6, 6.07) is 6.07. The van der Waals surface area contributed by atoms with Crippen LogP contribution >= 0.6 is 0 Å². The van der Waals surface area contributed by atoms with Crippen molar-refractivity contribution in [1.82, 2.24) is 0 Å². The van der Waals surface area contributed by atoms with E-state index in [1.807, 2.05) is 12.1 Å². The van der Waals surface area contributed by atoms with Gasteiger partial charge in [-0.3, -0.25) is 4.79 Å². The van der Waals surface area contributed by atoms with Crippen LogP contribution in [0.5, 0.6) is 0 Å². The summed E-state index contributed by atoms with van der Waals surface area (Å²) in [7, 11) is 2.24. The first-order chi connectivity index (χ1) is 9.54. The number of rotatable bonds is 4. The highest BCUT2D eigenvalue weighted by Crippen LogP contribution is 2.14. The van der Waals surface area contributed by atoms with Crippen molar-refractivity contribution in [3.05, 3.63) is 29.3 Å². The molecule has 3 N–H and O–H groups in total. The lowest BCUT2D eigenvalue weighted by molar-refractivity contribution is -1.00. The van der Waals surface area contributed by atoms with Gasteiger partial charge in [0.05, 0.1) is 20.0 Å². The first-order valence-corrected chi connectivity index (χ1v) is 7.56. The number of nitrogens with one attached hydrogen (secondary N) is 3. The molecule has 1 heterocycles. The minimum Gasteiger partial charge on any atom is -0.328 e. The average molecular weight is 277 g/mol. The van der Waals surface area contributed by atoms with Crippen molar-refractivity contribution in [3.63, 3.8) is 0 Å². The molecule has 0 radical (unpaired) electrons. The van der Waals surface area contributed by atoms with Gasteiger partial charge in [-0.2, -0.15) is 0 Å². The zero-order valence-corrected chi connectivity index (χ0v) is 12.9. The van der Waals surface area contributed by atoms with Crippen LogP contribution in [0.25, 0.3) is 0 Å². The Morgan fingerprint density at radius 3 is 2.50 bits per heavy atom. The lowest BCUT2D eigenvalue weighted by Crippen LogP contribution is -3.27. The molecule has 0 aliphatic carbocycles. The number of piperazine rings is 1. The molecule has 1 amide bonds. The van der Waals surface area contributed by atoms with E-state index in [9.17, 15) is 4.79 Å². The van der Waals surface area contributed by atoms with Gasteiger partial charge in [0.1, 0.15) is 26.2 Å². The van der Waals surface area contributed by atoms with Gasteiger partial charge in [0, 0.05) is 5.69 Å². The maximum Gasteiger partial charge on any atom is 0.230 e. The van der Waals surface area contributed by atoms with E-state index >= 15 is 0 Å². The molecule has 20 heavy (non-hydrogen) atoms. The van der Waals surface area contributed by atoms with Gasteiger partial charge in [-0.15, -0.1) is 0 Å². The van der Waals surface area contributed by atoms with Crippen LogP contribution in [0.15, 0.2) is 18.2 Å². The van der Waals surface area contributed by atoms with Gasteiger partial charge in [0.25, 0.3) is 0 Å². The molecule has 1 aromatic rings. The number of aryl methyl sites for hydroxylation is 2. The second-order valence-corrected chi connectivity index (χ2v) is 6.05. The SMILES string of the molecule is Cc1ccc(NC(=O)CC[NH+]2CC[NH+](C)CC2)cc1C. The Labute approximate surface area is 121 Å². The normalized spacial score (nSPS) is 22.6. The second kappa shape index (κ2) is 6.86. The number of quaternary nitrogens is 2. The minimum absolute atomic E-state index is 0.132. The topological polar surface area (TPSA) is 38.0 Å². The number of carbonyl (C=O) groups is 1. The van der Waals surface area contributed by atoms with E-state index in [0.717, 1.165) is 12.2 Å². The van der Waals surface area contributed by atoms with Gasteiger partial charge in [0.15, 0.2) is 0 Å². The smallest absolute Gasteiger partial charge is 0.230 e. The highest BCUT2D eigenvalue weighted by Gasteiger charge is 2.20. The predicted octanol–water partition coefficient (Wildman–Crippen LogP) is -0.955. The minimum atomic E-state index is 0.132. The van der Waals surface area contributed by atoms with Crippen molar-refractivity contribution in [1.29, 1.82) is 0 Å². The van der Waals surface area contributed by atoms with Gasteiger partial charge in [-0.25, -0.2) is 0 Å². The quantitative estimate of drug-likeness (QED) is 0.652. The van der Waals surface area contributed by atoms with Crippen LogP contribution in [0.3, 0.4) is 0 Å². The molecule has 110 valence electrons. The van der Waals surface area contributed by atoms with Crippen molar-refractivity contribution >= 4 is 11.6 Å². The molecule has 1 aliphatic rings. The fourth-order valence-corrected chi connectivity index (χ4v) is 2.61. The van der Waals surface area contributed by atoms with Crippen molar-refractivity contribution in [3.8, 4) is 0 Å². The molecule has 1 aromatic carbocycles. The summed E-state index contributed by atoms with van der Waals surface area (Å²) in [6.45, 7) is 9.90. The Morgan fingerprint density at radius 2 is 1.85 bits per heavy atom. The highest BCUT2D eigenvalue weighted by molar-refractivity contribution is 5.90. The molecular formula is C16H27N3O+2. The monoisotopic (exact) mass is 277 g/mol. The summed E-state index contributed by atoms with van der Waals surface area (Å²) >= 11 is 0.